The number of hydrogen-bond donors (Lipinski definition) is 0. The molecule has 0 unspecified atom stereocenters. The summed E-state index contributed by atoms with van der Waals surface area (Å²) in [6.07, 6.45) is 7.58. The van der Waals surface area contributed by atoms with Crippen molar-refractivity contribution >= 4 is 0 Å². The molecule has 1 fully saturated rings. The molecular weight excluding hydrogens is 108 g/mol. The van der Waals surface area contributed by atoms with Crippen LogP contribution in [0.25, 0.3) is 0 Å². The molecular formula is C9H12. The van der Waals surface area contributed by atoms with Crippen molar-refractivity contribution in [3.63, 3.8) is 0 Å². The topological polar surface area (TPSA) is 0 Å². The highest BCUT2D eigenvalue weighted by molar-refractivity contribution is 5.48. The highest BCUT2D eigenvalue weighted by atomic mass is 14.2. The second-order valence-electron chi connectivity index (χ2n) is 2.38. The Balaban J connectivity index is 2.18. The van der Waals surface area contributed by atoms with Crippen molar-refractivity contribution in [1.82, 2.24) is 0 Å². The van der Waals surface area contributed by atoms with Gasteiger partial charge in [0.25, 0.3) is 0 Å². The smallest absolute Gasteiger partial charge is 0.00294 e. The van der Waals surface area contributed by atoms with E-state index in [1.807, 2.05) is 6.08 Å². The first-order valence-electron chi connectivity index (χ1n) is 3.32. The Hall–Kier alpha value is -0.780. The molecule has 0 aromatic carbocycles. The number of allylic oxidation sites excluding steroid dienone is 4. The van der Waals surface area contributed by atoms with E-state index in [1.165, 1.54) is 11.1 Å². The van der Waals surface area contributed by atoms with Gasteiger partial charge in [-0.25, -0.2) is 0 Å². The van der Waals surface area contributed by atoms with E-state index in [2.05, 4.69) is 19.2 Å². The van der Waals surface area contributed by atoms with Crippen LogP contribution in [0.15, 0.2) is 36.5 Å². The normalized spacial score (nSPS) is 20.4. The van der Waals surface area contributed by atoms with Gasteiger partial charge < -0.3 is 0 Å². The number of hydrogen-bond acceptors (Lipinski definition) is 0. The maximum absolute atomic E-state index is 3.83. The average molecular weight is 120 g/mol. The zero-order valence-corrected chi connectivity index (χ0v) is 5.69. The van der Waals surface area contributed by atoms with Crippen LogP contribution >= 0.6 is 0 Å². The Labute approximate surface area is 56.6 Å². The molecule has 0 heteroatoms. The Morgan fingerprint density at radius 3 is 2.56 bits per heavy atom. The summed E-state index contributed by atoms with van der Waals surface area (Å²) in [5.41, 5.74) is 2.77. The summed E-state index contributed by atoms with van der Waals surface area (Å²) < 4.78 is 0. The minimum absolute atomic E-state index is 1.09. The summed E-state index contributed by atoms with van der Waals surface area (Å²) in [7, 11) is 0. The van der Waals surface area contributed by atoms with Crippen LogP contribution in [0, 0.1) is 0 Å². The summed E-state index contributed by atoms with van der Waals surface area (Å²) in [6, 6.07) is 0. The van der Waals surface area contributed by atoms with Crippen LogP contribution in [0.4, 0.5) is 0 Å². The fraction of sp³-hybridized carbons (Fsp3) is 0.333. The molecule has 9 heavy (non-hydrogen) atoms. The highest BCUT2D eigenvalue weighted by Crippen LogP contribution is 2.34. The molecule has 0 nitrogen and oxygen atoms in total. The fourth-order valence-corrected chi connectivity index (χ4v) is 0.778. The largest absolute Gasteiger partial charge is 0.103 e. The fourth-order valence-electron chi connectivity index (χ4n) is 0.778. The van der Waals surface area contributed by atoms with Crippen LogP contribution in [0.1, 0.15) is 19.3 Å². The van der Waals surface area contributed by atoms with Crippen molar-refractivity contribution in [1.29, 1.82) is 0 Å². The molecule has 0 aliphatic heterocycles. The number of rotatable bonds is 3. The first-order valence-corrected chi connectivity index (χ1v) is 3.32. The molecule has 48 valence electrons. The SMILES string of the molecule is C=CCCC=C1CC1=C. The van der Waals surface area contributed by atoms with Crippen LogP contribution < -0.4 is 0 Å². The second-order valence-corrected chi connectivity index (χ2v) is 2.38. The van der Waals surface area contributed by atoms with Gasteiger partial charge in [0.15, 0.2) is 0 Å². The Bertz CT molecular complexity index is 161. The molecule has 0 bridgehead atoms. The lowest BCUT2D eigenvalue weighted by Crippen LogP contribution is -1.60. The third kappa shape index (κ3) is 1.88. The van der Waals surface area contributed by atoms with Gasteiger partial charge in [0.1, 0.15) is 0 Å². The van der Waals surface area contributed by atoms with Crippen LogP contribution in [-0.2, 0) is 0 Å². The van der Waals surface area contributed by atoms with Crippen molar-refractivity contribution in [2.45, 2.75) is 19.3 Å². The van der Waals surface area contributed by atoms with Gasteiger partial charge in [0, 0.05) is 0 Å². The van der Waals surface area contributed by atoms with Crippen molar-refractivity contribution in [3.8, 4) is 0 Å². The third-order valence-electron chi connectivity index (χ3n) is 1.49. The van der Waals surface area contributed by atoms with Crippen molar-refractivity contribution in [3.05, 3.63) is 36.5 Å². The summed E-state index contributed by atoms with van der Waals surface area (Å²) in [4.78, 5) is 0. The molecule has 0 aromatic heterocycles. The van der Waals surface area contributed by atoms with Gasteiger partial charge in [0.05, 0.1) is 0 Å². The summed E-state index contributed by atoms with van der Waals surface area (Å²) in [6.45, 7) is 7.48. The first kappa shape index (κ1) is 6.34. The van der Waals surface area contributed by atoms with Crippen LogP contribution in [0.2, 0.25) is 0 Å². The second kappa shape index (κ2) is 2.67. The summed E-state index contributed by atoms with van der Waals surface area (Å²) in [5, 5.41) is 0. The van der Waals surface area contributed by atoms with E-state index in [4.69, 9.17) is 0 Å². The van der Waals surface area contributed by atoms with Gasteiger partial charge in [-0.3, -0.25) is 0 Å². The molecule has 0 amide bonds. The minimum atomic E-state index is 1.09. The standard InChI is InChI=1S/C9H12/c1-3-4-5-6-9-7-8(9)2/h3,6H,1-2,4-5,7H2. The molecule has 1 aliphatic rings. The molecule has 0 N–H and O–H groups in total. The zero-order valence-electron chi connectivity index (χ0n) is 5.69. The average Bonchev–Trinajstić information content (AvgIpc) is 2.48. The molecule has 0 spiro atoms. The van der Waals surface area contributed by atoms with E-state index in [9.17, 15) is 0 Å². The van der Waals surface area contributed by atoms with Gasteiger partial charge in [-0.15, -0.1) is 6.58 Å². The molecule has 0 radical (unpaired) electrons. The van der Waals surface area contributed by atoms with Gasteiger partial charge in [-0.05, 0) is 30.4 Å². The number of unbranched alkanes of at least 4 members (excludes halogenated alkanes) is 1. The lowest BCUT2D eigenvalue weighted by Gasteiger charge is -1.80. The van der Waals surface area contributed by atoms with Crippen LogP contribution in [0.5, 0.6) is 0 Å². The Morgan fingerprint density at radius 1 is 1.44 bits per heavy atom. The quantitative estimate of drug-likeness (QED) is 0.397. The van der Waals surface area contributed by atoms with Gasteiger partial charge in [-0.2, -0.15) is 0 Å². The zero-order chi connectivity index (χ0) is 6.69. The lowest BCUT2D eigenvalue weighted by molar-refractivity contribution is 1.05. The van der Waals surface area contributed by atoms with Gasteiger partial charge >= 0.3 is 0 Å². The first-order chi connectivity index (χ1) is 4.34. The third-order valence-corrected chi connectivity index (χ3v) is 1.49. The predicted molar refractivity (Wildman–Crippen MR) is 41.3 cm³/mol. The molecule has 0 atom stereocenters. The molecule has 1 aliphatic carbocycles. The van der Waals surface area contributed by atoms with E-state index in [-0.39, 0.29) is 0 Å². The monoisotopic (exact) mass is 120 g/mol. The maximum atomic E-state index is 3.83. The predicted octanol–water partition coefficient (Wildman–Crippen LogP) is 2.84. The Morgan fingerprint density at radius 2 is 2.11 bits per heavy atom. The molecule has 0 saturated heterocycles. The van der Waals surface area contributed by atoms with Crippen molar-refractivity contribution in [2.24, 2.45) is 0 Å². The maximum Gasteiger partial charge on any atom is -0.00294 e. The van der Waals surface area contributed by atoms with E-state index in [0.717, 1.165) is 19.3 Å². The highest BCUT2D eigenvalue weighted by Gasteiger charge is 2.15. The van der Waals surface area contributed by atoms with Crippen molar-refractivity contribution in [2.75, 3.05) is 0 Å². The van der Waals surface area contributed by atoms with E-state index < -0.39 is 0 Å². The van der Waals surface area contributed by atoms with E-state index >= 15 is 0 Å². The molecule has 0 heterocycles. The molecule has 1 rings (SSSR count). The lowest BCUT2D eigenvalue weighted by atomic mass is 10.3. The van der Waals surface area contributed by atoms with Crippen molar-refractivity contribution < 1.29 is 0 Å². The van der Waals surface area contributed by atoms with E-state index in [0.29, 0.717) is 0 Å². The van der Waals surface area contributed by atoms with Gasteiger partial charge in [-0.1, -0.05) is 18.7 Å². The Kier molecular flexibility index (Phi) is 1.88. The van der Waals surface area contributed by atoms with Crippen LogP contribution in [-0.4, -0.2) is 0 Å². The molecule has 1 saturated carbocycles. The minimum Gasteiger partial charge on any atom is -0.103 e. The summed E-state index contributed by atoms with van der Waals surface area (Å²) >= 11 is 0. The molecule has 0 aromatic rings. The van der Waals surface area contributed by atoms with E-state index in [1.54, 1.807) is 0 Å². The van der Waals surface area contributed by atoms with Gasteiger partial charge in [0.2, 0.25) is 0 Å². The summed E-state index contributed by atoms with van der Waals surface area (Å²) in [5.74, 6) is 0. The van der Waals surface area contributed by atoms with Crippen LogP contribution in [0.3, 0.4) is 0 Å².